The summed E-state index contributed by atoms with van der Waals surface area (Å²) in [4.78, 5) is 37.4. The van der Waals surface area contributed by atoms with E-state index in [-0.39, 0.29) is 12.5 Å². The van der Waals surface area contributed by atoms with E-state index in [1.807, 2.05) is 6.92 Å². The quantitative estimate of drug-likeness (QED) is 0.855. The van der Waals surface area contributed by atoms with Crippen LogP contribution in [-0.4, -0.2) is 39.8 Å². The molecule has 1 aliphatic heterocycles. The Hall–Kier alpha value is -1.82. The lowest BCUT2D eigenvalue weighted by molar-refractivity contribution is -0.138. The lowest BCUT2D eigenvalue weighted by atomic mass is 10.1. The zero-order valence-corrected chi connectivity index (χ0v) is 12.8. The standard InChI is InChI=1S/C14H18ClN3O3/c1-3-5-17-7-9(15)6-11(17)14(21)18-8-12(19)16-13(20)10(18)4-2/h6-7,10H,3-5,8H2,1-2H3,(H,16,19,20). The summed E-state index contributed by atoms with van der Waals surface area (Å²) >= 11 is 5.97. The number of piperazine rings is 1. The first-order valence-corrected chi connectivity index (χ1v) is 7.36. The highest BCUT2D eigenvalue weighted by Gasteiger charge is 2.36. The Morgan fingerprint density at radius 3 is 2.76 bits per heavy atom. The molecule has 1 fully saturated rings. The minimum atomic E-state index is -0.626. The Morgan fingerprint density at radius 2 is 2.14 bits per heavy atom. The summed E-state index contributed by atoms with van der Waals surface area (Å²) < 4.78 is 1.76. The zero-order valence-electron chi connectivity index (χ0n) is 12.1. The van der Waals surface area contributed by atoms with Gasteiger partial charge in [0, 0.05) is 12.7 Å². The number of hydrogen-bond acceptors (Lipinski definition) is 3. The highest BCUT2D eigenvalue weighted by Crippen LogP contribution is 2.19. The molecule has 0 aromatic carbocycles. The van der Waals surface area contributed by atoms with Gasteiger partial charge in [0.05, 0.1) is 5.02 Å². The summed E-state index contributed by atoms with van der Waals surface area (Å²) in [7, 11) is 0. The molecule has 21 heavy (non-hydrogen) atoms. The minimum Gasteiger partial charge on any atom is -0.342 e. The van der Waals surface area contributed by atoms with Gasteiger partial charge in [0.25, 0.3) is 5.91 Å². The molecule has 3 amide bonds. The van der Waals surface area contributed by atoms with Crippen molar-refractivity contribution in [2.75, 3.05) is 6.54 Å². The van der Waals surface area contributed by atoms with Crippen molar-refractivity contribution >= 4 is 29.3 Å². The second-order valence-corrected chi connectivity index (χ2v) is 5.44. The fourth-order valence-electron chi connectivity index (χ4n) is 2.51. The van der Waals surface area contributed by atoms with Crippen molar-refractivity contribution in [3.8, 4) is 0 Å². The van der Waals surface area contributed by atoms with Crippen LogP contribution in [0.25, 0.3) is 0 Å². The van der Waals surface area contributed by atoms with Gasteiger partial charge in [0.1, 0.15) is 18.3 Å². The molecule has 2 heterocycles. The number of hydrogen-bond donors (Lipinski definition) is 1. The molecule has 1 saturated heterocycles. The van der Waals surface area contributed by atoms with Gasteiger partial charge >= 0.3 is 0 Å². The Labute approximate surface area is 128 Å². The van der Waals surface area contributed by atoms with Gasteiger partial charge in [-0.05, 0) is 18.9 Å². The van der Waals surface area contributed by atoms with E-state index in [0.717, 1.165) is 6.42 Å². The van der Waals surface area contributed by atoms with Gasteiger partial charge in [-0.1, -0.05) is 25.4 Å². The fraction of sp³-hybridized carbons (Fsp3) is 0.500. The molecular formula is C14H18ClN3O3. The van der Waals surface area contributed by atoms with Crippen LogP contribution in [0.5, 0.6) is 0 Å². The smallest absolute Gasteiger partial charge is 0.271 e. The Morgan fingerprint density at radius 1 is 1.43 bits per heavy atom. The average molecular weight is 312 g/mol. The normalized spacial score (nSPS) is 18.8. The Kier molecular flexibility index (Phi) is 4.67. The third-order valence-electron chi connectivity index (χ3n) is 3.45. The number of rotatable bonds is 4. The van der Waals surface area contributed by atoms with Crippen molar-refractivity contribution in [2.24, 2.45) is 0 Å². The van der Waals surface area contributed by atoms with E-state index in [4.69, 9.17) is 11.6 Å². The number of halogens is 1. The Balaban J connectivity index is 2.33. The zero-order chi connectivity index (χ0) is 15.6. The lowest BCUT2D eigenvalue weighted by Gasteiger charge is -2.33. The van der Waals surface area contributed by atoms with Crippen LogP contribution in [0.15, 0.2) is 12.3 Å². The molecule has 1 aromatic rings. The van der Waals surface area contributed by atoms with E-state index < -0.39 is 17.9 Å². The van der Waals surface area contributed by atoms with Crippen LogP contribution in [0.4, 0.5) is 0 Å². The van der Waals surface area contributed by atoms with Crippen LogP contribution in [0.2, 0.25) is 5.02 Å². The Bertz CT molecular complexity index is 582. The fourth-order valence-corrected chi connectivity index (χ4v) is 2.73. The highest BCUT2D eigenvalue weighted by atomic mass is 35.5. The van der Waals surface area contributed by atoms with E-state index in [2.05, 4.69) is 5.32 Å². The van der Waals surface area contributed by atoms with Crippen molar-refractivity contribution in [2.45, 2.75) is 39.3 Å². The predicted octanol–water partition coefficient (Wildman–Crippen LogP) is 1.43. The number of carbonyl (C=O) groups excluding carboxylic acids is 3. The van der Waals surface area contributed by atoms with Gasteiger partial charge in [-0.3, -0.25) is 19.7 Å². The third kappa shape index (κ3) is 3.10. The first kappa shape index (κ1) is 15.6. The van der Waals surface area contributed by atoms with Crippen molar-refractivity contribution in [3.63, 3.8) is 0 Å². The third-order valence-corrected chi connectivity index (χ3v) is 3.66. The van der Waals surface area contributed by atoms with Crippen LogP contribution in [0.1, 0.15) is 37.2 Å². The molecule has 0 aliphatic carbocycles. The molecule has 1 unspecified atom stereocenters. The van der Waals surface area contributed by atoms with Gasteiger partial charge in [-0.15, -0.1) is 0 Å². The molecule has 1 aromatic heterocycles. The van der Waals surface area contributed by atoms with Crippen molar-refractivity contribution in [1.29, 1.82) is 0 Å². The van der Waals surface area contributed by atoms with Gasteiger partial charge in [-0.2, -0.15) is 0 Å². The van der Waals surface area contributed by atoms with Crippen molar-refractivity contribution < 1.29 is 14.4 Å². The molecule has 6 nitrogen and oxygen atoms in total. The summed E-state index contributed by atoms with van der Waals surface area (Å²) in [6.07, 6.45) is 2.99. The van der Waals surface area contributed by atoms with Crippen molar-refractivity contribution in [1.82, 2.24) is 14.8 Å². The maximum atomic E-state index is 12.7. The molecule has 0 bridgehead atoms. The van der Waals surface area contributed by atoms with Gasteiger partial charge in [-0.25, -0.2) is 0 Å². The molecule has 1 atom stereocenters. The largest absolute Gasteiger partial charge is 0.342 e. The van der Waals surface area contributed by atoms with Crippen LogP contribution in [-0.2, 0) is 16.1 Å². The maximum Gasteiger partial charge on any atom is 0.271 e. The second-order valence-electron chi connectivity index (χ2n) is 5.01. The number of nitrogens with zero attached hydrogens (tertiary/aromatic N) is 2. The molecule has 0 spiro atoms. The van der Waals surface area contributed by atoms with Crippen LogP contribution < -0.4 is 5.32 Å². The summed E-state index contributed by atoms with van der Waals surface area (Å²) in [5, 5.41) is 2.72. The summed E-state index contributed by atoms with van der Waals surface area (Å²) in [6.45, 7) is 4.34. The van der Waals surface area contributed by atoms with Crippen LogP contribution in [0.3, 0.4) is 0 Å². The molecular weight excluding hydrogens is 294 g/mol. The lowest BCUT2D eigenvalue weighted by Crippen LogP contribution is -2.59. The van der Waals surface area contributed by atoms with E-state index in [9.17, 15) is 14.4 Å². The second kappa shape index (κ2) is 6.30. The monoisotopic (exact) mass is 311 g/mol. The molecule has 7 heteroatoms. The number of amides is 3. The molecule has 114 valence electrons. The van der Waals surface area contributed by atoms with Gasteiger partial charge < -0.3 is 9.47 Å². The first-order valence-electron chi connectivity index (χ1n) is 6.98. The minimum absolute atomic E-state index is 0.113. The first-order chi connectivity index (χ1) is 9.97. The number of nitrogens with one attached hydrogen (secondary N) is 1. The van der Waals surface area contributed by atoms with Gasteiger partial charge in [0.2, 0.25) is 11.8 Å². The summed E-state index contributed by atoms with van der Waals surface area (Å²) in [6, 6.07) is 0.947. The number of imide groups is 1. The SMILES string of the molecule is CCCn1cc(Cl)cc1C(=O)N1CC(=O)NC(=O)C1CC. The molecule has 1 aliphatic rings. The van der Waals surface area contributed by atoms with E-state index >= 15 is 0 Å². The maximum absolute atomic E-state index is 12.7. The molecule has 2 rings (SSSR count). The van der Waals surface area contributed by atoms with Gasteiger partial charge in [0.15, 0.2) is 0 Å². The number of carbonyl (C=O) groups is 3. The van der Waals surface area contributed by atoms with E-state index in [1.54, 1.807) is 23.8 Å². The molecule has 0 saturated carbocycles. The molecule has 1 N–H and O–H groups in total. The number of aryl methyl sites for hydroxylation is 1. The topological polar surface area (TPSA) is 71.4 Å². The number of aromatic nitrogens is 1. The highest BCUT2D eigenvalue weighted by molar-refractivity contribution is 6.31. The van der Waals surface area contributed by atoms with Crippen LogP contribution >= 0.6 is 11.6 Å². The van der Waals surface area contributed by atoms with E-state index in [1.165, 1.54) is 4.90 Å². The average Bonchev–Trinajstić information content (AvgIpc) is 2.78. The van der Waals surface area contributed by atoms with Crippen LogP contribution in [0, 0.1) is 0 Å². The summed E-state index contributed by atoms with van der Waals surface area (Å²) in [5.74, 6) is -1.23. The van der Waals surface area contributed by atoms with Crippen molar-refractivity contribution in [3.05, 3.63) is 23.0 Å². The summed E-state index contributed by atoms with van der Waals surface area (Å²) in [5.41, 5.74) is 0.405. The predicted molar refractivity (Wildman–Crippen MR) is 78.0 cm³/mol. The molecule has 0 radical (unpaired) electrons. The van der Waals surface area contributed by atoms with E-state index in [0.29, 0.717) is 23.7 Å².